The van der Waals surface area contributed by atoms with Gasteiger partial charge < -0.3 is 19.0 Å². The van der Waals surface area contributed by atoms with E-state index in [1.54, 1.807) is 19.1 Å². The average molecular weight is 453 g/mol. The molecule has 9 heteroatoms. The molecule has 2 aromatic carbocycles. The van der Waals surface area contributed by atoms with Gasteiger partial charge in [0, 0.05) is 11.6 Å². The Bertz CT molecular complexity index is 1330. The summed E-state index contributed by atoms with van der Waals surface area (Å²) >= 11 is 0. The van der Waals surface area contributed by atoms with E-state index in [0.717, 1.165) is 23.1 Å². The van der Waals surface area contributed by atoms with Crippen molar-refractivity contribution in [1.29, 1.82) is 0 Å². The number of carbonyl (C=O) groups excluding carboxylic acids is 2. The molecule has 1 N–H and O–H groups in total. The van der Waals surface area contributed by atoms with Gasteiger partial charge in [-0.15, -0.1) is 0 Å². The summed E-state index contributed by atoms with van der Waals surface area (Å²) in [6.07, 6.45) is 0. The van der Waals surface area contributed by atoms with Crippen molar-refractivity contribution in [3.05, 3.63) is 82.8 Å². The topological polar surface area (TPSA) is 89.2 Å². The number of anilines is 1. The number of aryl methyl sites for hydroxylation is 1. The number of rotatable bonds is 3. The Kier molecular flexibility index (Phi) is 4.88. The number of hydrogen-bond donors (Lipinski definition) is 1. The van der Waals surface area contributed by atoms with Crippen molar-refractivity contribution in [3.8, 4) is 11.5 Å². The van der Waals surface area contributed by atoms with Crippen molar-refractivity contribution >= 4 is 23.1 Å². The molecule has 0 radical (unpaired) electrons. The molecule has 3 heterocycles. The fraction of sp³-hybridized carbons (Fsp3) is 0.167. The summed E-state index contributed by atoms with van der Waals surface area (Å²) in [7, 11) is 0. The molecule has 1 saturated heterocycles. The number of aliphatic hydroxyl groups excluding tert-OH is 1. The van der Waals surface area contributed by atoms with Crippen LogP contribution in [0.1, 0.15) is 23.1 Å². The minimum absolute atomic E-state index is 0.106. The number of carbonyl (C=O) groups is 2. The molecule has 1 fully saturated rings. The largest absolute Gasteiger partial charge is 0.507 e. The summed E-state index contributed by atoms with van der Waals surface area (Å²) < 4.78 is 45.2. The Morgan fingerprint density at radius 3 is 2.48 bits per heavy atom. The van der Waals surface area contributed by atoms with E-state index in [2.05, 4.69) is 0 Å². The van der Waals surface area contributed by atoms with Crippen LogP contribution in [-0.2, 0) is 9.59 Å². The van der Waals surface area contributed by atoms with Crippen LogP contribution in [0.3, 0.4) is 0 Å². The van der Waals surface area contributed by atoms with E-state index in [-0.39, 0.29) is 16.9 Å². The molecule has 7 nitrogen and oxygen atoms in total. The third kappa shape index (κ3) is 3.42. The first kappa shape index (κ1) is 20.7. The van der Waals surface area contributed by atoms with Gasteiger partial charge in [-0.2, -0.15) is 0 Å². The van der Waals surface area contributed by atoms with Crippen LogP contribution in [-0.4, -0.2) is 30.0 Å². The molecule has 0 bridgehead atoms. The lowest BCUT2D eigenvalue weighted by molar-refractivity contribution is -0.132. The highest BCUT2D eigenvalue weighted by atomic mass is 19.1. The summed E-state index contributed by atoms with van der Waals surface area (Å²) in [4.78, 5) is 26.8. The minimum atomic E-state index is -1.32. The number of halogens is 2. The molecule has 3 aromatic rings. The van der Waals surface area contributed by atoms with E-state index >= 15 is 0 Å². The number of Topliss-reactive ketones (excluding diaryl/α,β-unsaturated/α-hetero) is 1. The molecule has 0 aliphatic carbocycles. The number of nitrogens with zero attached hydrogens (tertiary/aromatic N) is 1. The van der Waals surface area contributed by atoms with Gasteiger partial charge in [-0.05, 0) is 49.4 Å². The van der Waals surface area contributed by atoms with Crippen LogP contribution >= 0.6 is 0 Å². The Balaban J connectivity index is 1.71. The van der Waals surface area contributed by atoms with Crippen LogP contribution in [0.4, 0.5) is 14.5 Å². The van der Waals surface area contributed by atoms with Crippen LogP contribution in [0.25, 0.3) is 5.76 Å². The maximum Gasteiger partial charge on any atom is 0.300 e. The van der Waals surface area contributed by atoms with E-state index in [0.29, 0.717) is 30.5 Å². The van der Waals surface area contributed by atoms with Crippen LogP contribution < -0.4 is 14.4 Å². The summed E-state index contributed by atoms with van der Waals surface area (Å²) in [5.74, 6) is -3.00. The lowest BCUT2D eigenvalue weighted by Gasteiger charge is -2.24. The van der Waals surface area contributed by atoms with Gasteiger partial charge in [0.05, 0.1) is 11.3 Å². The molecular formula is C24H17F2NO6. The second kappa shape index (κ2) is 7.77. The first-order valence-corrected chi connectivity index (χ1v) is 10.1. The van der Waals surface area contributed by atoms with Crippen molar-refractivity contribution in [2.24, 2.45) is 0 Å². The van der Waals surface area contributed by atoms with Gasteiger partial charge in [-0.3, -0.25) is 14.5 Å². The van der Waals surface area contributed by atoms with Crippen LogP contribution in [0.2, 0.25) is 0 Å². The van der Waals surface area contributed by atoms with E-state index < -0.39 is 40.8 Å². The molecule has 2 aliphatic rings. The minimum Gasteiger partial charge on any atom is -0.507 e. The molecule has 1 amide bonds. The monoisotopic (exact) mass is 453 g/mol. The number of ketones is 1. The number of ether oxygens (including phenoxy) is 2. The molecule has 1 atom stereocenters. The van der Waals surface area contributed by atoms with Crippen molar-refractivity contribution < 1.29 is 37.4 Å². The third-order valence-corrected chi connectivity index (χ3v) is 5.46. The van der Waals surface area contributed by atoms with E-state index in [9.17, 15) is 23.5 Å². The Morgan fingerprint density at radius 1 is 1.00 bits per heavy atom. The van der Waals surface area contributed by atoms with Gasteiger partial charge in [0.25, 0.3) is 11.7 Å². The van der Waals surface area contributed by atoms with Gasteiger partial charge in [0.1, 0.15) is 48.2 Å². The van der Waals surface area contributed by atoms with Crippen molar-refractivity contribution in [2.45, 2.75) is 13.0 Å². The molecular weight excluding hydrogens is 436 g/mol. The summed E-state index contributed by atoms with van der Waals surface area (Å²) in [6.45, 7) is 2.34. The standard InChI is InChI=1S/C24H17F2NO6/c1-12-2-6-18(33-12)21-20(22(28)13-3-7-17-19(10-13)32-9-8-31-17)23(29)24(30)27(21)16-11-14(25)4-5-15(16)26/h2-7,10-11,21,28H,8-9H2,1H3/b22-20-. The number of aliphatic hydroxyl groups is 1. The fourth-order valence-electron chi connectivity index (χ4n) is 3.97. The molecule has 0 spiro atoms. The summed E-state index contributed by atoms with van der Waals surface area (Å²) in [6, 6.07) is 8.91. The predicted molar refractivity (Wildman–Crippen MR) is 112 cm³/mol. The first-order valence-electron chi connectivity index (χ1n) is 10.1. The maximum absolute atomic E-state index is 14.6. The predicted octanol–water partition coefficient (Wildman–Crippen LogP) is 4.26. The fourth-order valence-corrected chi connectivity index (χ4v) is 3.97. The highest BCUT2D eigenvalue weighted by Gasteiger charge is 2.49. The zero-order valence-corrected chi connectivity index (χ0v) is 17.3. The van der Waals surface area contributed by atoms with Gasteiger partial charge >= 0.3 is 0 Å². The normalized spacial score (nSPS) is 19.2. The number of furan rings is 1. The van der Waals surface area contributed by atoms with Crippen molar-refractivity contribution in [3.63, 3.8) is 0 Å². The van der Waals surface area contributed by atoms with Crippen molar-refractivity contribution in [2.75, 3.05) is 18.1 Å². The SMILES string of the molecule is Cc1ccc(C2/C(=C(/O)c3ccc4c(c3)OCCO4)C(=O)C(=O)N2c2cc(F)ccc2F)o1. The van der Waals surface area contributed by atoms with Gasteiger partial charge in [0.15, 0.2) is 11.5 Å². The zero-order valence-electron chi connectivity index (χ0n) is 17.3. The van der Waals surface area contributed by atoms with Gasteiger partial charge in [-0.1, -0.05) is 0 Å². The number of fused-ring (bicyclic) bond motifs is 1. The molecule has 33 heavy (non-hydrogen) atoms. The highest BCUT2D eigenvalue weighted by molar-refractivity contribution is 6.51. The van der Waals surface area contributed by atoms with E-state index in [1.165, 1.54) is 18.2 Å². The molecule has 5 rings (SSSR count). The molecule has 2 aliphatic heterocycles. The average Bonchev–Trinajstić information content (AvgIpc) is 3.35. The molecule has 0 saturated carbocycles. The third-order valence-electron chi connectivity index (χ3n) is 5.46. The lowest BCUT2D eigenvalue weighted by atomic mass is 9.99. The highest BCUT2D eigenvalue weighted by Crippen LogP contribution is 2.44. The quantitative estimate of drug-likeness (QED) is 0.362. The number of hydrogen-bond acceptors (Lipinski definition) is 6. The zero-order chi connectivity index (χ0) is 23.3. The Morgan fingerprint density at radius 2 is 1.76 bits per heavy atom. The number of amides is 1. The Hall–Kier alpha value is -4.14. The first-order chi connectivity index (χ1) is 15.8. The van der Waals surface area contributed by atoms with Gasteiger partial charge in [-0.25, -0.2) is 8.78 Å². The van der Waals surface area contributed by atoms with Gasteiger partial charge in [0.2, 0.25) is 0 Å². The van der Waals surface area contributed by atoms with E-state index in [1.807, 2.05) is 0 Å². The number of benzene rings is 2. The Labute approximate surface area is 186 Å². The molecule has 1 unspecified atom stereocenters. The second-order valence-electron chi connectivity index (χ2n) is 7.57. The van der Waals surface area contributed by atoms with Crippen molar-refractivity contribution in [1.82, 2.24) is 0 Å². The maximum atomic E-state index is 14.6. The second-order valence-corrected chi connectivity index (χ2v) is 7.57. The lowest BCUT2D eigenvalue weighted by Crippen LogP contribution is -2.30. The summed E-state index contributed by atoms with van der Waals surface area (Å²) in [5, 5.41) is 11.1. The molecule has 1 aromatic heterocycles. The van der Waals surface area contributed by atoms with E-state index in [4.69, 9.17) is 13.9 Å². The van der Waals surface area contributed by atoms with Crippen LogP contribution in [0, 0.1) is 18.6 Å². The summed E-state index contributed by atoms with van der Waals surface area (Å²) in [5.41, 5.74) is -0.586. The smallest absolute Gasteiger partial charge is 0.300 e. The van der Waals surface area contributed by atoms with Crippen LogP contribution in [0.15, 0.2) is 58.5 Å². The van der Waals surface area contributed by atoms with Crippen LogP contribution in [0.5, 0.6) is 11.5 Å². The molecule has 168 valence electrons.